The number of cyclic esters (lactones) is 1. The van der Waals surface area contributed by atoms with Gasteiger partial charge in [0.05, 0.1) is 37.8 Å². The van der Waals surface area contributed by atoms with Gasteiger partial charge in [0.2, 0.25) is 0 Å². The fourth-order valence-corrected chi connectivity index (χ4v) is 11.3. The molecule has 0 amide bonds. The molecule has 0 bridgehead atoms. The molecule has 10 nitrogen and oxygen atoms in total. The van der Waals surface area contributed by atoms with Crippen molar-refractivity contribution in [2.45, 2.75) is 118 Å². The van der Waals surface area contributed by atoms with Crippen LogP contribution in [0.3, 0.4) is 0 Å². The molecule has 3 saturated carbocycles. The van der Waals surface area contributed by atoms with Crippen molar-refractivity contribution in [3.8, 4) is 0 Å². The van der Waals surface area contributed by atoms with Gasteiger partial charge in [-0.2, -0.15) is 0 Å². The van der Waals surface area contributed by atoms with E-state index >= 15 is 0 Å². The zero-order chi connectivity index (χ0) is 32.9. The summed E-state index contributed by atoms with van der Waals surface area (Å²) in [4.78, 5) is 51.3. The Morgan fingerprint density at radius 1 is 1.02 bits per heavy atom. The highest BCUT2D eigenvalue weighted by atomic mass is 16.6. The number of rotatable bonds is 6. The fourth-order valence-electron chi connectivity index (χ4n) is 11.3. The van der Waals surface area contributed by atoms with Crippen LogP contribution in [-0.4, -0.2) is 72.7 Å². The molecule has 2 unspecified atom stereocenters. The van der Waals surface area contributed by atoms with Crippen molar-refractivity contribution < 1.29 is 48.0 Å². The van der Waals surface area contributed by atoms with Gasteiger partial charge in [-0.3, -0.25) is 19.2 Å². The van der Waals surface area contributed by atoms with Crippen molar-refractivity contribution in [3.63, 3.8) is 0 Å². The first-order chi connectivity index (χ1) is 21.0. The molecule has 250 valence electrons. The topological polar surface area (TPSA) is 135 Å². The standard InChI is InChI=1S/C35H50O10/c1-9-17(2)31(40)45-30-28-29-32(5,16-42-28)24(38)14-26(44-19(4)37)35(29,8)23-13-25(43-18(3)36)33(6)21(20-12-27(39)41-15-20)10-11-22(33)34(23,30)7/h11,17,20-21,23-26,28-30,38H,9-10,12-16H2,1-8H3/t17?,20?,21-,23-,24+,25-,26-,28+,29-,30+,32+,33-,34-,35-/m0/s1. The van der Waals surface area contributed by atoms with Crippen molar-refractivity contribution in [3.05, 3.63) is 11.6 Å². The number of carbonyl (C=O) groups excluding carboxylic acids is 4. The van der Waals surface area contributed by atoms with Crippen molar-refractivity contribution >= 4 is 23.9 Å². The lowest BCUT2D eigenvalue weighted by Crippen LogP contribution is -2.74. The summed E-state index contributed by atoms with van der Waals surface area (Å²) in [6.45, 7) is 15.7. The molecule has 0 aromatic carbocycles. The first-order valence-corrected chi connectivity index (χ1v) is 16.8. The van der Waals surface area contributed by atoms with Crippen LogP contribution in [-0.2, 0) is 42.9 Å². The lowest BCUT2D eigenvalue weighted by atomic mass is 9.35. The quantitative estimate of drug-likeness (QED) is 0.259. The van der Waals surface area contributed by atoms with E-state index in [0.717, 1.165) is 5.57 Å². The third kappa shape index (κ3) is 4.40. The van der Waals surface area contributed by atoms with Gasteiger partial charge < -0.3 is 28.8 Å². The van der Waals surface area contributed by atoms with Gasteiger partial charge in [0.15, 0.2) is 0 Å². The Balaban J connectivity index is 1.56. The molecule has 45 heavy (non-hydrogen) atoms. The number of aliphatic hydroxyl groups excluding tert-OH is 1. The van der Waals surface area contributed by atoms with Crippen molar-refractivity contribution in [2.75, 3.05) is 13.2 Å². The van der Waals surface area contributed by atoms with Crippen LogP contribution in [0.25, 0.3) is 0 Å². The maximum absolute atomic E-state index is 13.7. The highest BCUT2D eigenvalue weighted by Gasteiger charge is 2.79. The Bertz CT molecular complexity index is 1310. The summed E-state index contributed by atoms with van der Waals surface area (Å²) in [6.07, 6.45) is 1.25. The van der Waals surface area contributed by atoms with Gasteiger partial charge in [-0.1, -0.05) is 53.2 Å². The van der Waals surface area contributed by atoms with Gasteiger partial charge in [-0.05, 0) is 31.1 Å². The molecule has 6 aliphatic rings. The number of aliphatic hydroxyl groups is 1. The molecule has 2 saturated heterocycles. The lowest BCUT2D eigenvalue weighted by molar-refractivity contribution is -0.275. The number of fused-ring (bicyclic) bond motifs is 4. The second-order valence-electron chi connectivity index (χ2n) is 15.7. The van der Waals surface area contributed by atoms with Crippen LogP contribution in [0.5, 0.6) is 0 Å². The molecule has 14 atom stereocenters. The van der Waals surface area contributed by atoms with E-state index in [9.17, 15) is 24.3 Å². The predicted octanol–water partition coefficient (Wildman–Crippen LogP) is 4.16. The predicted molar refractivity (Wildman–Crippen MR) is 160 cm³/mol. The van der Waals surface area contributed by atoms with Gasteiger partial charge in [-0.25, -0.2) is 0 Å². The SMILES string of the molecule is CCC(C)C(=O)O[C@@H]1[C@@H]2OC[C@]3(C)[C@H](O)C[C@H](OC(C)=O)[C@@](C)([C@@H]23)[C@H]2C[C@H](OC(C)=O)[C@]3(C)C(=CC[C@H]3C3COC(=O)C3)[C@]12C. The minimum absolute atomic E-state index is 0.0373. The summed E-state index contributed by atoms with van der Waals surface area (Å²) in [5.41, 5.74) is -1.83. The van der Waals surface area contributed by atoms with Gasteiger partial charge in [0.25, 0.3) is 0 Å². The summed E-state index contributed by atoms with van der Waals surface area (Å²) >= 11 is 0. The van der Waals surface area contributed by atoms with Gasteiger partial charge in [0, 0.05) is 53.8 Å². The molecule has 4 aliphatic carbocycles. The van der Waals surface area contributed by atoms with Crippen LogP contribution in [0.15, 0.2) is 11.6 Å². The van der Waals surface area contributed by atoms with E-state index in [0.29, 0.717) is 32.3 Å². The Morgan fingerprint density at radius 2 is 1.69 bits per heavy atom. The number of ether oxygens (including phenoxy) is 5. The third-order valence-electron chi connectivity index (χ3n) is 13.5. The molecule has 2 heterocycles. The number of allylic oxidation sites excluding steroid dienone is 1. The van der Waals surface area contributed by atoms with Crippen LogP contribution < -0.4 is 0 Å². The van der Waals surface area contributed by atoms with E-state index in [1.54, 1.807) is 0 Å². The maximum atomic E-state index is 13.7. The highest BCUT2D eigenvalue weighted by molar-refractivity contribution is 5.73. The Labute approximate surface area is 265 Å². The van der Waals surface area contributed by atoms with Crippen molar-refractivity contribution in [2.24, 2.45) is 51.2 Å². The van der Waals surface area contributed by atoms with Gasteiger partial charge >= 0.3 is 23.9 Å². The first-order valence-electron chi connectivity index (χ1n) is 16.8. The maximum Gasteiger partial charge on any atom is 0.309 e. The Kier molecular flexibility index (Phi) is 7.79. The molecule has 0 spiro atoms. The molecular formula is C35H50O10. The third-order valence-corrected chi connectivity index (χ3v) is 13.5. The highest BCUT2D eigenvalue weighted by Crippen LogP contribution is 2.76. The van der Waals surface area contributed by atoms with E-state index in [1.165, 1.54) is 13.8 Å². The Hall–Kier alpha value is -2.46. The number of hydrogen-bond acceptors (Lipinski definition) is 10. The van der Waals surface area contributed by atoms with Gasteiger partial charge in [0.1, 0.15) is 18.3 Å². The molecule has 0 radical (unpaired) electrons. The largest absolute Gasteiger partial charge is 0.465 e. The van der Waals surface area contributed by atoms with Crippen molar-refractivity contribution in [1.82, 2.24) is 0 Å². The van der Waals surface area contributed by atoms with Gasteiger partial charge in [-0.15, -0.1) is 0 Å². The summed E-state index contributed by atoms with van der Waals surface area (Å²) in [5, 5.41) is 11.6. The Morgan fingerprint density at radius 3 is 2.29 bits per heavy atom. The minimum atomic E-state index is -0.798. The molecule has 10 heteroatoms. The molecule has 2 aliphatic heterocycles. The normalized spacial score (nSPS) is 48.7. The van der Waals surface area contributed by atoms with E-state index in [2.05, 4.69) is 26.8 Å². The van der Waals surface area contributed by atoms with Crippen molar-refractivity contribution in [1.29, 1.82) is 0 Å². The van der Waals surface area contributed by atoms with Crippen LogP contribution in [0.4, 0.5) is 0 Å². The number of carbonyl (C=O) groups is 4. The van der Waals surface area contributed by atoms with Crippen LogP contribution in [0, 0.1) is 51.2 Å². The molecule has 0 aromatic heterocycles. The summed E-state index contributed by atoms with van der Waals surface area (Å²) in [7, 11) is 0. The second-order valence-corrected chi connectivity index (χ2v) is 15.7. The average Bonchev–Trinajstić information content (AvgIpc) is 3.66. The molecule has 5 fully saturated rings. The monoisotopic (exact) mass is 630 g/mol. The molecule has 6 rings (SSSR count). The minimum Gasteiger partial charge on any atom is -0.465 e. The summed E-state index contributed by atoms with van der Waals surface area (Å²) < 4.78 is 31.0. The summed E-state index contributed by atoms with van der Waals surface area (Å²) in [6, 6.07) is 0. The summed E-state index contributed by atoms with van der Waals surface area (Å²) in [5.74, 6) is -2.34. The molecule has 0 aromatic rings. The van der Waals surface area contributed by atoms with Crippen LogP contribution in [0.2, 0.25) is 0 Å². The molecular weight excluding hydrogens is 580 g/mol. The van der Waals surface area contributed by atoms with E-state index in [1.807, 2.05) is 20.8 Å². The second kappa shape index (κ2) is 10.8. The van der Waals surface area contributed by atoms with Crippen LogP contribution >= 0.6 is 0 Å². The average molecular weight is 631 g/mol. The first kappa shape index (κ1) is 32.5. The molecule has 1 N–H and O–H groups in total. The number of esters is 4. The number of hydrogen-bond donors (Lipinski definition) is 1. The van der Waals surface area contributed by atoms with E-state index in [4.69, 9.17) is 23.7 Å². The van der Waals surface area contributed by atoms with E-state index < -0.39 is 64.1 Å². The fraction of sp³-hybridized carbons (Fsp3) is 0.829. The smallest absolute Gasteiger partial charge is 0.309 e. The lowest BCUT2D eigenvalue weighted by Gasteiger charge is -2.70. The zero-order valence-electron chi connectivity index (χ0n) is 27.9. The van der Waals surface area contributed by atoms with Crippen LogP contribution in [0.1, 0.15) is 87.5 Å². The van der Waals surface area contributed by atoms with E-state index in [-0.39, 0.29) is 54.6 Å². The zero-order valence-corrected chi connectivity index (χ0v) is 27.9.